The molecule has 2 fully saturated rings. The molecule has 3 heterocycles. The summed E-state index contributed by atoms with van der Waals surface area (Å²) in [5.41, 5.74) is 2.15. The number of guanidine groups is 1. The number of urea groups is 1. The largest absolute Gasteiger partial charge is 0.368 e. The maximum Gasteiger partial charge on any atom is 0.328 e. The molecule has 3 aliphatic rings. The highest BCUT2D eigenvalue weighted by atomic mass is 16.2. The standard InChI is InChI=1S/C24H28N6O2/c1-26-20-21(27(2)24(32)30(22(20)31)17-18-9-5-3-6-10-18)25-23(26)29-15-13-28(14-16-29)19-11-7-4-8-12-19/h3-12,20-21H,13-17H2,1-2H3. The zero-order valence-corrected chi connectivity index (χ0v) is 18.5. The molecule has 2 aromatic carbocycles. The Kier molecular flexibility index (Phi) is 5.20. The number of hydrogen-bond acceptors (Lipinski definition) is 6. The van der Waals surface area contributed by atoms with Crippen LogP contribution in [0.25, 0.3) is 0 Å². The molecule has 0 spiro atoms. The fourth-order valence-electron chi connectivity index (χ4n) is 4.77. The van der Waals surface area contributed by atoms with Crippen LogP contribution >= 0.6 is 0 Å². The van der Waals surface area contributed by atoms with Gasteiger partial charge in [-0.05, 0) is 17.7 Å². The fourth-order valence-corrected chi connectivity index (χ4v) is 4.77. The highest BCUT2D eigenvalue weighted by molar-refractivity contribution is 6.03. The summed E-state index contributed by atoms with van der Waals surface area (Å²) >= 11 is 0. The van der Waals surface area contributed by atoms with Gasteiger partial charge in [-0.15, -0.1) is 0 Å². The SMILES string of the molecule is CN1C(=O)N(Cc2ccccc2)C(=O)C2C1N=C(N1CCN(c3ccccc3)CC1)N2C. The minimum absolute atomic E-state index is 0.189. The quantitative estimate of drug-likeness (QED) is 0.741. The molecular formula is C24H28N6O2. The monoisotopic (exact) mass is 432 g/mol. The molecular weight excluding hydrogens is 404 g/mol. The van der Waals surface area contributed by atoms with Gasteiger partial charge in [0.05, 0.1) is 6.54 Å². The van der Waals surface area contributed by atoms with Gasteiger partial charge in [-0.2, -0.15) is 0 Å². The second-order valence-corrected chi connectivity index (χ2v) is 8.51. The molecule has 0 saturated carbocycles. The van der Waals surface area contributed by atoms with E-state index >= 15 is 0 Å². The number of carbonyl (C=O) groups is 2. The summed E-state index contributed by atoms with van der Waals surface area (Å²) in [6.07, 6.45) is -0.492. The molecule has 2 atom stereocenters. The minimum atomic E-state index is -0.497. The van der Waals surface area contributed by atoms with Crippen molar-refractivity contribution in [3.63, 3.8) is 0 Å². The number of benzene rings is 2. The van der Waals surface area contributed by atoms with Crippen LogP contribution in [0.3, 0.4) is 0 Å². The lowest BCUT2D eigenvalue weighted by molar-refractivity contribution is -0.137. The highest BCUT2D eigenvalue weighted by Crippen LogP contribution is 2.29. The number of aliphatic imine (C=N–C) groups is 1. The number of amides is 3. The summed E-state index contributed by atoms with van der Waals surface area (Å²) in [4.78, 5) is 40.7. The van der Waals surface area contributed by atoms with Crippen molar-refractivity contribution in [2.45, 2.75) is 18.8 Å². The predicted octanol–water partition coefficient (Wildman–Crippen LogP) is 1.90. The van der Waals surface area contributed by atoms with Crippen molar-refractivity contribution >= 4 is 23.6 Å². The van der Waals surface area contributed by atoms with Crippen molar-refractivity contribution in [2.75, 3.05) is 45.2 Å². The number of anilines is 1. The molecule has 2 aromatic rings. The van der Waals surface area contributed by atoms with Crippen molar-refractivity contribution < 1.29 is 9.59 Å². The number of piperazine rings is 1. The number of likely N-dealkylation sites (N-methyl/N-ethyl adjacent to an activating group) is 2. The van der Waals surface area contributed by atoms with Crippen LogP contribution in [-0.2, 0) is 11.3 Å². The maximum atomic E-state index is 13.4. The van der Waals surface area contributed by atoms with Crippen LogP contribution in [0.2, 0.25) is 0 Å². The van der Waals surface area contributed by atoms with Gasteiger partial charge in [0.2, 0.25) is 0 Å². The summed E-state index contributed by atoms with van der Waals surface area (Å²) in [5.74, 6) is 0.605. The van der Waals surface area contributed by atoms with E-state index in [1.807, 2.05) is 48.3 Å². The van der Waals surface area contributed by atoms with Gasteiger partial charge in [0.15, 0.2) is 18.2 Å². The Balaban J connectivity index is 1.31. The van der Waals surface area contributed by atoms with Crippen molar-refractivity contribution in [1.29, 1.82) is 0 Å². The number of imide groups is 1. The van der Waals surface area contributed by atoms with Gasteiger partial charge in [-0.1, -0.05) is 48.5 Å². The first-order valence-electron chi connectivity index (χ1n) is 11.0. The van der Waals surface area contributed by atoms with E-state index in [0.717, 1.165) is 37.7 Å². The van der Waals surface area contributed by atoms with Crippen LogP contribution in [0.5, 0.6) is 0 Å². The molecule has 32 heavy (non-hydrogen) atoms. The number of para-hydroxylation sites is 1. The Morgan fingerprint density at radius 2 is 1.41 bits per heavy atom. The van der Waals surface area contributed by atoms with Crippen LogP contribution < -0.4 is 4.90 Å². The smallest absolute Gasteiger partial charge is 0.328 e. The zero-order chi connectivity index (χ0) is 22.2. The van der Waals surface area contributed by atoms with Gasteiger partial charge in [0, 0.05) is 46.0 Å². The van der Waals surface area contributed by atoms with E-state index in [4.69, 9.17) is 4.99 Å². The lowest BCUT2D eigenvalue weighted by atomic mass is 10.1. The van der Waals surface area contributed by atoms with Gasteiger partial charge in [0.1, 0.15) is 0 Å². The summed E-state index contributed by atoms with van der Waals surface area (Å²) in [6.45, 7) is 3.67. The molecule has 0 bridgehead atoms. The first-order valence-corrected chi connectivity index (χ1v) is 11.0. The second-order valence-electron chi connectivity index (χ2n) is 8.51. The average molecular weight is 433 g/mol. The number of nitrogens with zero attached hydrogens (tertiary/aromatic N) is 6. The molecule has 3 amide bonds. The first-order chi connectivity index (χ1) is 15.5. The summed E-state index contributed by atoms with van der Waals surface area (Å²) < 4.78 is 0. The number of hydrogen-bond donors (Lipinski definition) is 0. The third-order valence-electron chi connectivity index (χ3n) is 6.58. The van der Waals surface area contributed by atoms with Gasteiger partial charge in [-0.3, -0.25) is 9.69 Å². The van der Waals surface area contributed by atoms with Crippen LogP contribution in [0.15, 0.2) is 65.7 Å². The minimum Gasteiger partial charge on any atom is -0.368 e. The Morgan fingerprint density at radius 1 is 0.812 bits per heavy atom. The van der Waals surface area contributed by atoms with Crippen LogP contribution in [0, 0.1) is 0 Å². The van der Waals surface area contributed by atoms with E-state index in [1.165, 1.54) is 10.6 Å². The highest BCUT2D eigenvalue weighted by Gasteiger charge is 2.51. The van der Waals surface area contributed by atoms with Crippen molar-refractivity contribution in [3.8, 4) is 0 Å². The first kappa shape index (κ1) is 20.4. The number of fused-ring (bicyclic) bond motifs is 1. The van der Waals surface area contributed by atoms with E-state index in [0.29, 0.717) is 0 Å². The van der Waals surface area contributed by atoms with Gasteiger partial charge in [-0.25, -0.2) is 9.79 Å². The van der Waals surface area contributed by atoms with Crippen molar-refractivity contribution in [2.24, 2.45) is 4.99 Å². The summed E-state index contributed by atoms with van der Waals surface area (Å²) in [5, 5.41) is 0. The van der Waals surface area contributed by atoms with Crippen LogP contribution in [-0.4, -0.2) is 90.0 Å². The zero-order valence-electron chi connectivity index (χ0n) is 18.5. The van der Waals surface area contributed by atoms with E-state index in [-0.39, 0.29) is 18.5 Å². The molecule has 0 aromatic heterocycles. The van der Waals surface area contributed by atoms with Crippen LogP contribution in [0.1, 0.15) is 5.56 Å². The molecule has 0 radical (unpaired) electrons. The molecule has 2 saturated heterocycles. The van der Waals surface area contributed by atoms with Gasteiger partial charge < -0.3 is 19.6 Å². The summed E-state index contributed by atoms with van der Waals surface area (Å²) in [6, 6.07) is 19.2. The molecule has 3 aliphatic heterocycles. The molecule has 8 nitrogen and oxygen atoms in total. The third-order valence-corrected chi connectivity index (χ3v) is 6.58. The Hall–Kier alpha value is -3.55. The second kappa shape index (κ2) is 8.18. The Bertz CT molecular complexity index is 1020. The lowest BCUT2D eigenvalue weighted by Gasteiger charge is -2.42. The van der Waals surface area contributed by atoms with Crippen LogP contribution in [0.4, 0.5) is 10.5 Å². The van der Waals surface area contributed by atoms with Crippen molar-refractivity contribution in [3.05, 3.63) is 66.2 Å². The molecule has 8 heteroatoms. The molecule has 0 aliphatic carbocycles. The maximum absolute atomic E-state index is 13.4. The Labute approximate surface area is 188 Å². The number of rotatable bonds is 3. The predicted molar refractivity (Wildman–Crippen MR) is 123 cm³/mol. The van der Waals surface area contributed by atoms with Gasteiger partial charge in [0.25, 0.3) is 5.91 Å². The van der Waals surface area contributed by atoms with Crippen molar-refractivity contribution in [1.82, 2.24) is 19.6 Å². The van der Waals surface area contributed by atoms with E-state index in [1.54, 1.807) is 11.9 Å². The Morgan fingerprint density at radius 3 is 2.06 bits per heavy atom. The van der Waals surface area contributed by atoms with E-state index in [9.17, 15) is 9.59 Å². The third kappa shape index (κ3) is 3.45. The van der Waals surface area contributed by atoms with E-state index < -0.39 is 12.2 Å². The molecule has 166 valence electrons. The fraction of sp³-hybridized carbons (Fsp3) is 0.375. The topological polar surface area (TPSA) is 62.7 Å². The number of carbonyl (C=O) groups excluding carboxylic acids is 2. The van der Waals surface area contributed by atoms with E-state index in [2.05, 4.69) is 34.1 Å². The summed E-state index contributed by atoms with van der Waals surface area (Å²) in [7, 11) is 3.65. The molecule has 5 rings (SSSR count). The normalized spacial score (nSPS) is 23.6. The molecule has 2 unspecified atom stereocenters. The average Bonchev–Trinajstić information content (AvgIpc) is 3.19. The lowest BCUT2D eigenvalue weighted by Crippen LogP contribution is -2.64. The molecule has 0 N–H and O–H groups in total. The van der Waals surface area contributed by atoms with Gasteiger partial charge >= 0.3 is 6.03 Å².